The standard InChI is InChI=1S/C16H12Cl2O2/c1-9-7-11-8-10(5-6-14(11)20-9)16(19)15-12(17)3-2-4-13(15)18/h2-6,8-9H,7H2,1H3. The number of hydrogen-bond acceptors (Lipinski definition) is 2. The van der Waals surface area contributed by atoms with E-state index in [2.05, 4.69) is 0 Å². The minimum atomic E-state index is -0.164. The fourth-order valence-corrected chi connectivity index (χ4v) is 2.99. The molecule has 1 aliphatic rings. The van der Waals surface area contributed by atoms with Crippen LogP contribution in [-0.4, -0.2) is 11.9 Å². The van der Waals surface area contributed by atoms with Crippen LogP contribution in [0.1, 0.15) is 28.4 Å². The number of ether oxygens (including phenoxy) is 1. The molecule has 0 radical (unpaired) electrons. The van der Waals surface area contributed by atoms with Gasteiger partial charge in [-0.3, -0.25) is 4.79 Å². The van der Waals surface area contributed by atoms with Gasteiger partial charge in [0.25, 0.3) is 0 Å². The van der Waals surface area contributed by atoms with Gasteiger partial charge in [-0.1, -0.05) is 29.3 Å². The normalized spacial score (nSPS) is 16.6. The van der Waals surface area contributed by atoms with Crippen molar-refractivity contribution in [1.82, 2.24) is 0 Å². The molecule has 2 aromatic carbocycles. The van der Waals surface area contributed by atoms with Gasteiger partial charge in [-0.05, 0) is 42.8 Å². The van der Waals surface area contributed by atoms with Gasteiger partial charge in [0.05, 0.1) is 15.6 Å². The molecule has 2 aromatic rings. The van der Waals surface area contributed by atoms with Crippen LogP contribution in [0.2, 0.25) is 10.0 Å². The predicted molar refractivity (Wildman–Crippen MR) is 80.1 cm³/mol. The van der Waals surface area contributed by atoms with E-state index in [-0.39, 0.29) is 11.9 Å². The van der Waals surface area contributed by atoms with Gasteiger partial charge in [0.15, 0.2) is 5.78 Å². The second-order valence-corrected chi connectivity index (χ2v) is 5.70. The van der Waals surface area contributed by atoms with E-state index in [0.717, 1.165) is 17.7 Å². The molecule has 1 aliphatic heterocycles. The summed E-state index contributed by atoms with van der Waals surface area (Å²) in [6.07, 6.45) is 0.964. The first kappa shape index (κ1) is 13.5. The summed E-state index contributed by atoms with van der Waals surface area (Å²) in [7, 11) is 0. The Bertz CT molecular complexity index is 675. The number of rotatable bonds is 2. The summed E-state index contributed by atoms with van der Waals surface area (Å²) >= 11 is 12.2. The number of halogens is 2. The van der Waals surface area contributed by atoms with E-state index < -0.39 is 0 Å². The van der Waals surface area contributed by atoms with Crippen LogP contribution in [0.4, 0.5) is 0 Å². The van der Waals surface area contributed by atoms with Crippen LogP contribution < -0.4 is 4.74 Å². The largest absolute Gasteiger partial charge is 0.490 e. The molecule has 0 aliphatic carbocycles. The van der Waals surface area contributed by atoms with Gasteiger partial charge in [-0.15, -0.1) is 0 Å². The first-order chi connectivity index (χ1) is 9.56. The molecule has 3 rings (SSSR count). The monoisotopic (exact) mass is 306 g/mol. The summed E-state index contributed by atoms with van der Waals surface area (Å²) < 4.78 is 5.63. The maximum atomic E-state index is 12.6. The lowest BCUT2D eigenvalue weighted by molar-refractivity contribution is 0.103. The van der Waals surface area contributed by atoms with Crippen LogP contribution in [0.5, 0.6) is 5.75 Å². The van der Waals surface area contributed by atoms with Gasteiger partial charge >= 0.3 is 0 Å². The second kappa shape index (κ2) is 5.12. The summed E-state index contributed by atoms with van der Waals surface area (Å²) in [4.78, 5) is 12.6. The van der Waals surface area contributed by atoms with Crippen LogP contribution in [0.25, 0.3) is 0 Å². The summed E-state index contributed by atoms with van der Waals surface area (Å²) in [6.45, 7) is 2.01. The van der Waals surface area contributed by atoms with Gasteiger partial charge in [-0.25, -0.2) is 0 Å². The van der Waals surface area contributed by atoms with Crippen molar-refractivity contribution in [3.8, 4) is 5.75 Å². The lowest BCUT2D eigenvalue weighted by Gasteiger charge is -2.07. The smallest absolute Gasteiger partial charge is 0.196 e. The third-order valence-electron chi connectivity index (χ3n) is 3.35. The molecule has 0 fully saturated rings. The number of carbonyl (C=O) groups is 1. The molecular formula is C16H12Cl2O2. The van der Waals surface area contributed by atoms with Gasteiger partial charge in [0.1, 0.15) is 11.9 Å². The highest BCUT2D eigenvalue weighted by molar-refractivity contribution is 6.41. The number of hydrogen-bond donors (Lipinski definition) is 0. The maximum absolute atomic E-state index is 12.6. The minimum Gasteiger partial charge on any atom is -0.490 e. The Hall–Kier alpha value is -1.51. The van der Waals surface area contributed by atoms with E-state index in [9.17, 15) is 4.79 Å². The Morgan fingerprint density at radius 2 is 1.90 bits per heavy atom. The molecule has 0 amide bonds. The summed E-state index contributed by atoms with van der Waals surface area (Å²) in [5.41, 5.74) is 1.98. The Kier molecular flexibility index (Phi) is 3.45. The van der Waals surface area contributed by atoms with Crippen molar-refractivity contribution in [2.45, 2.75) is 19.4 Å². The molecule has 102 valence electrons. The molecule has 1 atom stereocenters. The molecule has 0 bridgehead atoms. The van der Waals surface area contributed by atoms with Crippen LogP contribution in [0.3, 0.4) is 0 Å². The average Bonchev–Trinajstić information content (AvgIpc) is 2.77. The van der Waals surface area contributed by atoms with E-state index in [1.54, 1.807) is 24.3 Å². The molecule has 1 heterocycles. The Morgan fingerprint density at radius 3 is 2.60 bits per heavy atom. The lowest BCUT2D eigenvalue weighted by Crippen LogP contribution is -2.05. The first-order valence-corrected chi connectivity index (χ1v) is 7.10. The van der Waals surface area contributed by atoms with Crippen molar-refractivity contribution in [3.63, 3.8) is 0 Å². The van der Waals surface area contributed by atoms with Crippen LogP contribution in [0.15, 0.2) is 36.4 Å². The molecule has 0 saturated heterocycles. The van der Waals surface area contributed by atoms with Gasteiger partial charge in [0.2, 0.25) is 0 Å². The zero-order valence-corrected chi connectivity index (χ0v) is 12.3. The molecule has 0 aromatic heterocycles. The number of benzene rings is 2. The van der Waals surface area contributed by atoms with Crippen LogP contribution in [-0.2, 0) is 6.42 Å². The van der Waals surface area contributed by atoms with Gasteiger partial charge in [-0.2, -0.15) is 0 Å². The van der Waals surface area contributed by atoms with Crippen LogP contribution >= 0.6 is 23.2 Å². The highest BCUT2D eigenvalue weighted by Crippen LogP contribution is 2.32. The first-order valence-electron chi connectivity index (χ1n) is 6.34. The number of ketones is 1. The summed E-state index contributed by atoms with van der Waals surface area (Å²) in [5.74, 6) is 0.683. The third kappa shape index (κ3) is 2.30. The fourth-order valence-electron chi connectivity index (χ4n) is 2.42. The second-order valence-electron chi connectivity index (χ2n) is 4.88. The highest BCUT2D eigenvalue weighted by Gasteiger charge is 2.22. The SMILES string of the molecule is CC1Cc2cc(C(=O)c3c(Cl)cccc3Cl)ccc2O1. The zero-order valence-electron chi connectivity index (χ0n) is 10.8. The molecular weight excluding hydrogens is 295 g/mol. The Balaban J connectivity index is 2.02. The Labute approximate surface area is 127 Å². The molecule has 0 N–H and O–H groups in total. The number of fused-ring (bicyclic) bond motifs is 1. The van der Waals surface area contributed by atoms with Crippen molar-refractivity contribution in [2.75, 3.05) is 0 Å². The van der Waals surface area contributed by atoms with E-state index in [1.807, 2.05) is 19.1 Å². The predicted octanol–water partition coefficient (Wildman–Crippen LogP) is 4.55. The summed E-state index contributed by atoms with van der Waals surface area (Å²) in [6, 6.07) is 10.5. The van der Waals surface area contributed by atoms with Crippen molar-refractivity contribution < 1.29 is 9.53 Å². The van der Waals surface area contributed by atoms with Gasteiger partial charge < -0.3 is 4.74 Å². The Morgan fingerprint density at radius 1 is 1.20 bits per heavy atom. The molecule has 2 nitrogen and oxygen atoms in total. The quantitative estimate of drug-likeness (QED) is 0.761. The van der Waals surface area contributed by atoms with E-state index >= 15 is 0 Å². The van der Waals surface area contributed by atoms with E-state index in [0.29, 0.717) is 21.2 Å². The minimum absolute atomic E-state index is 0.152. The lowest BCUT2D eigenvalue weighted by atomic mass is 10.00. The molecule has 20 heavy (non-hydrogen) atoms. The fraction of sp³-hybridized carbons (Fsp3) is 0.188. The summed E-state index contributed by atoms with van der Waals surface area (Å²) in [5, 5.41) is 0.736. The van der Waals surface area contributed by atoms with Crippen molar-refractivity contribution in [2.24, 2.45) is 0 Å². The zero-order chi connectivity index (χ0) is 14.3. The molecule has 1 unspecified atom stereocenters. The van der Waals surface area contributed by atoms with Gasteiger partial charge in [0, 0.05) is 12.0 Å². The number of carbonyl (C=O) groups excluding carboxylic acids is 1. The highest BCUT2D eigenvalue weighted by atomic mass is 35.5. The molecule has 0 saturated carbocycles. The topological polar surface area (TPSA) is 26.3 Å². The van der Waals surface area contributed by atoms with E-state index in [1.165, 1.54) is 0 Å². The maximum Gasteiger partial charge on any atom is 0.196 e. The van der Waals surface area contributed by atoms with E-state index in [4.69, 9.17) is 27.9 Å². The van der Waals surface area contributed by atoms with Crippen molar-refractivity contribution >= 4 is 29.0 Å². The third-order valence-corrected chi connectivity index (χ3v) is 3.98. The molecule has 4 heteroatoms. The van der Waals surface area contributed by atoms with Crippen molar-refractivity contribution in [1.29, 1.82) is 0 Å². The van der Waals surface area contributed by atoms with Crippen LogP contribution in [0, 0.1) is 0 Å². The van der Waals surface area contributed by atoms with Crippen molar-refractivity contribution in [3.05, 3.63) is 63.1 Å². The molecule has 0 spiro atoms. The average molecular weight is 307 g/mol.